The molecule has 1 aliphatic carbocycles. The fourth-order valence-corrected chi connectivity index (χ4v) is 3.02. The Morgan fingerprint density at radius 2 is 1.67 bits per heavy atom. The highest BCUT2D eigenvalue weighted by molar-refractivity contribution is 6.30. The first-order valence-corrected chi connectivity index (χ1v) is 6.56. The van der Waals surface area contributed by atoms with Crippen molar-refractivity contribution in [3.8, 4) is 0 Å². The Morgan fingerprint density at radius 1 is 1.00 bits per heavy atom. The van der Waals surface area contributed by atoms with Crippen LogP contribution in [0, 0.1) is 0 Å². The van der Waals surface area contributed by atoms with E-state index in [-0.39, 0.29) is 0 Å². The Morgan fingerprint density at radius 3 is 2.44 bits per heavy atom. The zero-order chi connectivity index (χ0) is 12.8. The summed E-state index contributed by atoms with van der Waals surface area (Å²) in [5, 5.41) is 11.6. The largest absolute Gasteiger partial charge is 0.381 e. The molecule has 18 heavy (non-hydrogen) atoms. The van der Waals surface area contributed by atoms with Gasteiger partial charge in [-0.25, -0.2) is 0 Å². The van der Waals surface area contributed by atoms with E-state index in [4.69, 9.17) is 11.6 Å². The molecule has 0 aromatic heterocycles. The van der Waals surface area contributed by atoms with Crippen LogP contribution >= 0.6 is 11.6 Å². The minimum absolute atomic E-state index is 0.674. The van der Waals surface area contributed by atoms with E-state index in [0.717, 1.165) is 24.0 Å². The van der Waals surface area contributed by atoms with Gasteiger partial charge in [-0.3, -0.25) is 0 Å². The number of halogens is 1. The average molecular weight is 259 g/mol. The number of fused-ring (bicyclic) bond motifs is 2. The topological polar surface area (TPSA) is 20.2 Å². The summed E-state index contributed by atoms with van der Waals surface area (Å²) in [6.07, 6.45) is 1.90. The molecule has 0 amide bonds. The summed E-state index contributed by atoms with van der Waals surface area (Å²) in [4.78, 5) is 0. The molecule has 0 aliphatic heterocycles. The first kappa shape index (κ1) is 11.8. The second kappa shape index (κ2) is 4.11. The predicted molar refractivity (Wildman–Crippen MR) is 74.0 cm³/mol. The van der Waals surface area contributed by atoms with Gasteiger partial charge in [0.2, 0.25) is 0 Å². The molecule has 2 heteroatoms. The van der Waals surface area contributed by atoms with E-state index in [1.54, 1.807) is 0 Å². The maximum atomic E-state index is 10.9. The van der Waals surface area contributed by atoms with Gasteiger partial charge in [-0.05, 0) is 54.2 Å². The Kier molecular flexibility index (Phi) is 2.69. The highest BCUT2D eigenvalue weighted by Crippen LogP contribution is 2.38. The molecule has 1 aliphatic rings. The maximum Gasteiger partial charge on any atom is 0.112 e. The highest BCUT2D eigenvalue weighted by atomic mass is 35.5. The molecule has 92 valence electrons. The van der Waals surface area contributed by atoms with Gasteiger partial charge in [0, 0.05) is 5.02 Å². The van der Waals surface area contributed by atoms with Crippen LogP contribution in [0.1, 0.15) is 29.2 Å². The molecule has 0 bridgehead atoms. The van der Waals surface area contributed by atoms with Gasteiger partial charge in [0.15, 0.2) is 0 Å². The first-order chi connectivity index (χ1) is 8.59. The second-order valence-corrected chi connectivity index (χ2v) is 5.47. The lowest BCUT2D eigenvalue weighted by Gasteiger charge is -2.26. The molecule has 1 nitrogen and oxygen atoms in total. The van der Waals surface area contributed by atoms with Gasteiger partial charge in [0.1, 0.15) is 5.60 Å². The molecule has 0 saturated heterocycles. The molecule has 1 N–H and O–H groups in total. The van der Waals surface area contributed by atoms with E-state index in [1.807, 2.05) is 43.3 Å². The lowest BCUT2D eigenvalue weighted by Crippen LogP contribution is -2.24. The number of hydrogen-bond acceptors (Lipinski definition) is 1. The van der Waals surface area contributed by atoms with Gasteiger partial charge in [0.25, 0.3) is 0 Å². The van der Waals surface area contributed by atoms with E-state index in [1.165, 1.54) is 11.1 Å². The normalized spacial score (nSPS) is 21.9. The van der Waals surface area contributed by atoms with Crippen molar-refractivity contribution < 1.29 is 5.11 Å². The van der Waals surface area contributed by atoms with Crippen molar-refractivity contribution in [1.29, 1.82) is 0 Å². The van der Waals surface area contributed by atoms with Crippen molar-refractivity contribution in [2.45, 2.75) is 25.4 Å². The zero-order valence-electron chi connectivity index (χ0n) is 10.3. The number of aryl methyl sites for hydroxylation is 2. The maximum absolute atomic E-state index is 10.9. The minimum atomic E-state index is -0.965. The monoisotopic (exact) mass is 258 g/mol. The van der Waals surface area contributed by atoms with Crippen LogP contribution in [-0.2, 0) is 18.4 Å². The SMILES string of the molecule is CC1(O)c2ccccc2CCc2ccc(Cl)cc21. The molecule has 0 spiro atoms. The highest BCUT2D eigenvalue weighted by Gasteiger charge is 2.32. The van der Waals surface area contributed by atoms with Crippen LogP contribution in [-0.4, -0.2) is 5.11 Å². The van der Waals surface area contributed by atoms with E-state index < -0.39 is 5.60 Å². The third-order valence-electron chi connectivity index (χ3n) is 3.80. The van der Waals surface area contributed by atoms with Crippen LogP contribution in [0.4, 0.5) is 0 Å². The molecular formula is C16H15ClO. The zero-order valence-corrected chi connectivity index (χ0v) is 11.0. The number of hydrogen-bond donors (Lipinski definition) is 1. The number of aliphatic hydroxyl groups is 1. The third kappa shape index (κ3) is 1.75. The minimum Gasteiger partial charge on any atom is -0.381 e. The van der Waals surface area contributed by atoms with Gasteiger partial charge in [-0.2, -0.15) is 0 Å². The smallest absolute Gasteiger partial charge is 0.112 e. The van der Waals surface area contributed by atoms with Gasteiger partial charge in [-0.15, -0.1) is 0 Å². The van der Waals surface area contributed by atoms with Crippen LogP contribution in [0.5, 0.6) is 0 Å². The quantitative estimate of drug-likeness (QED) is 0.764. The number of benzene rings is 2. The summed E-state index contributed by atoms with van der Waals surface area (Å²) < 4.78 is 0. The fourth-order valence-electron chi connectivity index (χ4n) is 2.85. The summed E-state index contributed by atoms with van der Waals surface area (Å²) in [5.74, 6) is 0. The molecule has 3 rings (SSSR count). The van der Waals surface area contributed by atoms with Crippen LogP contribution in [0.2, 0.25) is 5.02 Å². The van der Waals surface area contributed by atoms with Crippen LogP contribution < -0.4 is 0 Å². The summed E-state index contributed by atoms with van der Waals surface area (Å²) >= 11 is 6.07. The Balaban J connectivity index is 2.27. The second-order valence-electron chi connectivity index (χ2n) is 5.03. The predicted octanol–water partition coefficient (Wildman–Crippen LogP) is 3.69. The van der Waals surface area contributed by atoms with Crippen molar-refractivity contribution in [2.24, 2.45) is 0 Å². The lowest BCUT2D eigenvalue weighted by molar-refractivity contribution is 0.102. The van der Waals surface area contributed by atoms with Gasteiger partial charge < -0.3 is 5.11 Å². The summed E-state index contributed by atoms with van der Waals surface area (Å²) in [5.41, 5.74) is 3.36. The molecule has 0 saturated carbocycles. The van der Waals surface area contributed by atoms with Crippen molar-refractivity contribution in [2.75, 3.05) is 0 Å². The lowest BCUT2D eigenvalue weighted by atomic mass is 9.85. The third-order valence-corrected chi connectivity index (χ3v) is 4.04. The molecule has 0 heterocycles. The first-order valence-electron chi connectivity index (χ1n) is 6.19. The van der Waals surface area contributed by atoms with E-state index in [2.05, 4.69) is 6.07 Å². The van der Waals surface area contributed by atoms with Crippen LogP contribution in [0.3, 0.4) is 0 Å². The van der Waals surface area contributed by atoms with Crippen LogP contribution in [0.15, 0.2) is 42.5 Å². The van der Waals surface area contributed by atoms with Gasteiger partial charge in [-0.1, -0.05) is 41.9 Å². The average Bonchev–Trinajstić information content (AvgIpc) is 2.47. The fraction of sp³-hybridized carbons (Fsp3) is 0.250. The Hall–Kier alpha value is -1.31. The molecular weight excluding hydrogens is 244 g/mol. The molecule has 2 aromatic rings. The molecule has 1 unspecified atom stereocenters. The summed E-state index contributed by atoms with van der Waals surface area (Å²) in [6, 6.07) is 13.9. The van der Waals surface area contributed by atoms with Gasteiger partial charge in [0.05, 0.1) is 0 Å². The Labute approximate surface area is 112 Å². The molecule has 0 fully saturated rings. The van der Waals surface area contributed by atoms with Gasteiger partial charge >= 0.3 is 0 Å². The van der Waals surface area contributed by atoms with E-state index in [0.29, 0.717) is 5.02 Å². The molecule has 1 atom stereocenters. The van der Waals surface area contributed by atoms with Crippen molar-refractivity contribution in [3.63, 3.8) is 0 Å². The number of rotatable bonds is 0. The van der Waals surface area contributed by atoms with E-state index in [9.17, 15) is 5.11 Å². The van der Waals surface area contributed by atoms with Crippen molar-refractivity contribution in [3.05, 3.63) is 69.7 Å². The van der Waals surface area contributed by atoms with Crippen molar-refractivity contribution >= 4 is 11.6 Å². The molecule has 2 aromatic carbocycles. The van der Waals surface area contributed by atoms with Crippen LogP contribution in [0.25, 0.3) is 0 Å². The summed E-state index contributed by atoms with van der Waals surface area (Å²) in [7, 11) is 0. The van der Waals surface area contributed by atoms with Crippen molar-refractivity contribution in [1.82, 2.24) is 0 Å². The van der Waals surface area contributed by atoms with E-state index >= 15 is 0 Å². The molecule has 0 radical (unpaired) electrons. The Bertz CT molecular complexity index is 602. The standard InChI is InChI=1S/C16H15ClO/c1-16(18)14-5-3-2-4-11(14)6-7-12-8-9-13(17)10-15(12)16/h2-5,8-10,18H,6-7H2,1H3. The summed E-state index contributed by atoms with van der Waals surface area (Å²) in [6.45, 7) is 1.85.